The number of ether oxygens (including phenoxy) is 2. The van der Waals surface area contributed by atoms with Crippen molar-refractivity contribution in [1.82, 2.24) is 10.2 Å². The molecule has 0 bridgehead atoms. The molecule has 2 atom stereocenters. The van der Waals surface area contributed by atoms with E-state index in [2.05, 4.69) is 30.3 Å². The van der Waals surface area contributed by atoms with Crippen LogP contribution >= 0.6 is 13.5 Å². The van der Waals surface area contributed by atoms with Gasteiger partial charge in [0.25, 0.3) is 0 Å². The van der Waals surface area contributed by atoms with Crippen molar-refractivity contribution < 1.29 is 29.0 Å². The van der Waals surface area contributed by atoms with Crippen molar-refractivity contribution >= 4 is 31.5 Å². The van der Waals surface area contributed by atoms with E-state index < -0.39 is 24.1 Å². The van der Waals surface area contributed by atoms with Crippen LogP contribution in [0.2, 0.25) is 0 Å². The average molecular weight is 531 g/mol. The number of esters is 1. The maximum atomic E-state index is 12.8. The third kappa shape index (κ3) is 7.72. The first kappa shape index (κ1) is 30.2. The minimum Gasteiger partial charge on any atom is -0.478 e. The number of para-hydroxylation sites is 1. The van der Waals surface area contributed by atoms with Crippen LogP contribution < -0.4 is 14.8 Å². The van der Waals surface area contributed by atoms with Crippen LogP contribution in [0.25, 0.3) is 0 Å². The van der Waals surface area contributed by atoms with Crippen LogP contribution in [0.4, 0.5) is 4.79 Å². The number of likely N-dealkylation sites (N-methyl/N-ethyl adjacent to an activating group) is 1. The van der Waals surface area contributed by atoms with Gasteiger partial charge in [0.2, 0.25) is 0 Å². The fourth-order valence-corrected chi connectivity index (χ4v) is 4.80. The van der Waals surface area contributed by atoms with Crippen molar-refractivity contribution in [3.05, 3.63) is 59.7 Å². The first-order valence-corrected chi connectivity index (χ1v) is 12.5. The number of carbonyl (C=O) groups is 3. The summed E-state index contributed by atoms with van der Waals surface area (Å²) < 4.78 is 10.9. The van der Waals surface area contributed by atoms with Gasteiger partial charge in [-0.15, -0.1) is 0 Å². The van der Waals surface area contributed by atoms with Crippen LogP contribution in [-0.2, 0) is 10.2 Å². The molecular formula is C28H38N2O6S. The van der Waals surface area contributed by atoms with E-state index in [0.29, 0.717) is 5.75 Å². The molecule has 2 aromatic carbocycles. The number of aromatic carboxylic acids is 1. The summed E-state index contributed by atoms with van der Waals surface area (Å²) in [6.07, 6.45) is 3.58. The molecule has 1 heterocycles. The van der Waals surface area contributed by atoms with Crippen LogP contribution in [0.5, 0.6) is 11.5 Å². The molecule has 3 rings (SSSR count). The van der Waals surface area contributed by atoms with E-state index >= 15 is 0 Å². The van der Waals surface area contributed by atoms with Gasteiger partial charge in [-0.2, -0.15) is 13.5 Å². The number of rotatable bonds is 8. The lowest BCUT2D eigenvalue weighted by Gasteiger charge is -2.35. The SMILES string of the molecule is CCC1(c2cccc(OC(=O)N[C@H](C(=O)Oc3ccccc3C(=O)O)C(C)C)c2)CCCCN(C)C1.S. The molecule has 0 aliphatic carbocycles. The van der Waals surface area contributed by atoms with Gasteiger partial charge in [0.15, 0.2) is 0 Å². The highest BCUT2D eigenvalue weighted by molar-refractivity contribution is 7.59. The van der Waals surface area contributed by atoms with Gasteiger partial charge in [-0.25, -0.2) is 14.4 Å². The lowest BCUT2D eigenvalue weighted by atomic mass is 9.74. The normalized spacial score (nSPS) is 18.7. The summed E-state index contributed by atoms with van der Waals surface area (Å²) in [4.78, 5) is 39.4. The van der Waals surface area contributed by atoms with Crippen LogP contribution in [-0.4, -0.2) is 54.2 Å². The second-order valence-electron chi connectivity index (χ2n) is 9.83. The van der Waals surface area contributed by atoms with Crippen LogP contribution in [0.15, 0.2) is 48.5 Å². The quantitative estimate of drug-likeness (QED) is 0.366. The Bertz CT molecular complexity index is 1090. The Morgan fingerprint density at radius 3 is 2.49 bits per heavy atom. The number of amides is 1. The van der Waals surface area contributed by atoms with Crippen molar-refractivity contribution in [1.29, 1.82) is 0 Å². The summed E-state index contributed by atoms with van der Waals surface area (Å²) in [5.41, 5.74) is 0.985. The van der Waals surface area contributed by atoms with E-state index in [1.54, 1.807) is 32.0 Å². The second-order valence-corrected chi connectivity index (χ2v) is 9.83. The standard InChI is InChI=1S/C28H36N2O6.H2S/c1-5-28(15-8-9-16-30(4)18-28)20-11-10-12-21(17-20)35-27(34)29-24(19(2)3)26(33)36-23-14-7-6-13-22(23)25(31)32;/h6-7,10-14,17,19,24H,5,8-9,15-16,18H2,1-4H3,(H,29,34)(H,31,32);1H2/t24-,28?;/m0./s1. The molecule has 1 amide bonds. The van der Waals surface area contributed by atoms with Crippen molar-refractivity contribution in [3.63, 3.8) is 0 Å². The molecule has 8 nitrogen and oxygen atoms in total. The average Bonchev–Trinajstić information content (AvgIpc) is 3.04. The zero-order valence-corrected chi connectivity index (χ0v) is 23.0. The summed E-state index contributed by atoms with van der Waals surface area (Å²) in [6.45, 7) is 7.72. The molecular weight excluding hydrogens is 492 g/mol. The molecule has 1 saturated heterocycles. The number of nitrogens with one attached hydrogen (secondary N) is 1. The van der Waals surface area contributed by atoms with E-state index in [1.165, 1.54) is 18.6 Å². The van der Waals surface area contributed by atoms with E-state index in [4.69, 9.17) is 9.47 Å². The lowest BCUT2D eigenvalue weighted by Crippen LogP contribution is -2.47. The topological polar surface area (TPSA) is 105 Å². The molecule has 0 aromatic heterocycles. The number of carbonyl (C=O) groups excluding carboxylic acids is 2. The molecule has 1 aliphatic rings. The van der Waals surface area contributed by atoms with Gasteiger partial charge >= 0.3 is 18.0 Å². The highest BCUT2D eigenvalue weighted by Gasteiger charge is 2.34. The van der Waals surface area contributed by atoms with Gasteiger partial charge in [-0.1, -0.05) is 51.5 Å². The van der Waals surface area contributed by atoms with Gasteiger partial charge < -0.3 is 24.8 Å². The van der Waals surface area contributed by atoms with Gasteiger partial charge in [0, 0.05) is 12.0 Å². The molecule has 2 aromatic rings. The van der Waals surface area contributed by atoms with Crippen LogP contribution in [0.3, 0.4) is 0 Å². The molecule has 0 saturated carbocycles. The molecule has 1 fully saturated rings. The van der Waals surface area contributed by atoms with E-state index in [9.17, 15) is 19.5 Å². The fraction of sp³-hybridized carbons (Fsp3) is 0.464. The van der Waals surface area contributed by atoms with E-state index in [0.717, 1.165) is 37.9 Å². The summed E-state index contributed by atoms with van der Waals surface area (Å²) in [7, 11) is 2.14. The Morgan fingerprint density at radius 1 is 1.08 bits per heavy atom. The number of hydrogen-bond acceptors (Lipinski definition) is 6. The maximum Gasteiger partial charge on any atom is 0.413 e. The lowest BCUT2D eigenvalue weighted by molar-refractivity contribution is -0.137. The van der Waals surface area contributed by atoms with E-state index in [-0.39, 0.29) is 36.1 Å². The Kier molecular flexibility index (Phi) is 11.0. The fourth-order valence-electron chi connectivity index (χ4n) is 4.80. The number of benzene rings is 2. The molecule has 202 valence electrons. The Labute approximate surface area is 225 Å². The minimum atomic E-state index is -1.21. The van der Waals surface area contributed by atoms with Gasteiger partial charge in [0.1, 0.15) is 23.1 Å². The Morgan fingerprint density at radius 2 is 1.81 bits per heavy atom. The number of likely N-dealkylation sites (tertiary alicyclic amines) is 1. The first-order chi connectivity index (χ1) is 17.1. The van der Waals surface area contributed by atoms with Crippen molar-refractivity contribution in [3.8, 4) is 11.5 Å². The monoisotopic (exact) mass is 530 g/mol. The summed E-state index contributed by atoms with van der Waals surface area (Å²) >= 11 is 0. The van der Waals surface area contributed by atoms with E-state index in [1.807, 2.05) is 12.1 Å². The maximum absolute atomic E-state index is 12.8. The molecule has 9 heteroatoms. The Hall–Kier alpha value is -3.04. The number of nitrogens with zero attached hydrogens (tertiary/aromatic N) is 1. The summed E-state index contributed by atoms with van der Waals surface area (Å²) in [6, 6.07) is 12.4. The molecule has 0 spiro atoms. The van der Waals surface area contributed by atoms with Crippen LogP contribution in [0, 0.1) is 5.92 Å². The van der Waals surface area contributed by atoms with Crippen LogP contribution in [0.1, 0.15) is 62.4 Å². The largest absolute Gasteiger partial charge is 0.478 e. The first-order valence-electron chi connectivity index (χ1n) is 12.5. The van der Waals surface area contributed by atoms with Gasteiger partial charge in [-0.3, -0.25) is 0 Å². The van der Waals surface area contributed by atoms with Crippen molar-refractivity contribution in [2.24, 2.45) is 5.92 Å². The Balaban J connectivity index is 0.00000481. The zero-order chi connectivity index (χ0) is 26.3. The third-order valence-corrected chi connectivity index (χ3v) is 6.87. The summed E-state index contributed by atoms with van der Waals surface area (Å²) in [5.74, 6) is -1.98. The number of carboxylic acid groups (broad SMARTS) is 1. The number of carboxylic acids is 1. The smallest absolute Gasteiger partial charge is 0.413 e. The molecule has 2 N–H and O–H groups in total. The van der Waals surface area contributed by atoms with Gasteiger partial charge in [0.05, 0.1) is 0 Å². The molecule has 1 aliphatic heterocycles. The highest BCUT2D eigenvalue weighted by atomic mass is 32.1. The zero-order valence-electron chi connectivity index (χ0n) is 22.0. The predicted octanol–water partition coefficient (Wildman–Crippen LogP) is 4.98. The highest BCUT2D eigenvalue weighted by Crippen LogP contribution is 2.37. The minimum absolute atomic E-state index is 0. The van der Waals surface area contributed by atoms with Crippen molar-refractivity contribution in [2.45, 2.75) is 57.9 Å². The number of hydrogen-bond donors (Lipinski definition) is 2. The molecule has 0 radical (unpaired) electrons. The second kappa shape index (κ2) is 13.5. The predicted molar refractivity (Wildman–Crippen MR) is 147 cm³/mol. The summed E-state index contributed by atoms with van der Waals surface area (Å²) in [5, 5.41) is 11.9. The third-order valence-electron chi connectivity index (χ3n) is 6.87. The van der Waals surface area contributed by atoms with Crippen molar-refractivity contribution in [2.75, 3.05) is 20.1 Å². The molecule has 37 heavy (non-hydrogen) atoms. The molecule has 1 unspecified atom stereocenters. The van der Waals surface area contributed by atoms with Gasteiger partial charge in [-0.05, 0) is 68.6 Å².